The van der Waals surface area contributed by atoms with Gasteiger partial charge in [0.25, 0.3) is 0 Å². The largest absolute Gasteiger partial charge is 0.491 e. The maximum atomic E-state index is 11.8. The number of nitrogens with zero attached hydrogens (tertiary/aromatic N) is 2. The van der Waals surface area contributed by atoms with Crippen LogP contribution in [-0.2, 0) is 9.53 Å². The number of piperazine rings is 1. The van der Waals surface area contributed by atoms with E-state index in [9.17, 15) is 9.90 Å². The van der Waals surface area contributed by atoms with Crippen LogP contribution in [-0.4, -0.2) is 80.0 Å². The molecule has 1 atom stereocenters. The van der Waals surface area contributed by atoms with Crippen LogP contribution in [0.5, 0.6) is 5.75 Å². The van der Waals surface area contributed by atoms with E-state index < -0.39 is 6.10 Å². The monoisotopic (exact) mass is 336 g/mol. The number of methoxy groups -OCH3 is 1. The Morgan fingerprint density at radius 1 is 1.17 bits per heavy atom. The van der Waals surface area contributed by atoms with Gasteiger partial charge in [0.05, 0.1) is 0 Å². The number of aliphatic hydroxyl groups is 1. The molecule has 2 rings (SSSR count). The zero-order valence-electron chi connectivity index (χ0n) is 14.8. The van der Waals surface area contributed by atoms with E-state index in [0.29, 0.717) is 19.6 Å². The molecule has 1 aromatic rings. The highest BCUT2D eigenvalue weighted by Crippen LogP contribution is 2.16. The second-order valence-corrected chi connectivity index (χ2v) is 6.40. The van der Waals surface area contributed by atoms with Crippen molar-refractivity contribution < 1.29 is 19.4 Å². The van der Waals surface area contributed by atoms with Crippen LogP contribution < -0.4 is 4.74 Å². The van der Waals surface area contributed by atoms with Crippen LogP contribution in [0.4, 0.5) is 0 Å². The van der Waals surface area contributed by atoms with E-state index in [1.165, 1.54) is 7.11 Å². The SMILES string of the molecule is COCC(=O)N1CCN(CC(O)COc2cc(C)cc(C)c2)CC1. The number of carbonyl (C=O) groups is 1. The Kier molecular flexibility index (Phi) is 7.02. The molecule has 1 aliphatic rings. The van der Waals surface area contributed by atoms with Gasteiger partial charge in [-0.1, -0.05) is 6.07 Å². The van der Waals surface area contributed by atoms with Crippen molar-refractivity contribution in [2.75, 3.05) is 53.0 Å². The van der Waals surface area contributed by atoms with Gasteiger partial charge in [-0.3, -0.25) is 9.69 Å². The average Bonchev–Trinajstić information content (AvgIpc) is 2.53. The number of carbonyl (C=O) groups excluding carboxylic acids is 1. The maximum Gasteiger partial charge on any atom is 0.248 e. The number of aliphatic hydroxyl groups excluding tert-OH is 1. The molecule has 6 nitrogen and oxygen atoms in total. The highest BCUT2D eigenvalue weighted by molar-refractivity contribution is 5.77. The first-order valence-corrected chi connectivity index (χ1v) is 8.36. The number of rotatable bonds is 7. The first-order valence-electron chi connectivity index (χ1n) is 8.36. The van der Waals surface area contributed by atoms with Gasteiger partial charge in [-0.25, -0.2) is 0 Å². The van der Waals surface area contributed by atoms with Crippen LogP contribution in [0.15, 0.2) is 18.2 Å². The summed E-state index contributed by atoms with van der Waals surface area (Å²) in [6.45, 7) is 7.88. The Bertz CT molecular complexity index is 522. The van der Waals surface area contributed by atoms with Gasteiger partial charge in [0.15, 0.2) is 0 Å². The summed E-state index contributed by atoms with van der Waals surface area (Å²) in [5.41, 5.74) is 2.30. The molecule has 1 aliphatic heterocycles. The smallest absolute Gasteiger partial charge is 0.248 e. The summed E-state index contributed by atoms with van der Waals surface area (Å²) in [6.07, 6.45) is -0.549. The highest BCUT2D eigenvalue weighted by Gasteiger charge is 2.22. The molecule has 0 aromatic heterocycles. The summed E-state index contributed by atoms with van der Waals surface area (Å²) in [7, 11) is 1.53. The molecule has 1 heterocycles. The number of hydrogen-bond donors (Lipinski definition) is 1. The van der Waals surface area contributed by atoms with Gasteiger partial charge >= 0.3 is 0 Å². The van der Waals surface area contributed by atoms with Crippen molar-refractivity contribution in [1.29, 1.82) is 0 Å². The van der Waals surface area contributed by atoms with Gasteiger partial charge in [0.1, 0.15) is 25.1 Å². The van der Waals surface area contributed by atoms with Crippen molar-refractivity contribution in [2.24, 2.45) is 0 Å². The number of aryl methyl sites for hydroxylation is 2. The molecular weight excluding hydrogens is 308 g/mol. The third-order valence-electron chi connectivity index (χ3n) is 4.10. The first-order chi connectivity index (χ1) is 11.5. The van der Waals surface area contributed by atoms with Gasteiger partial charge in [0.2, 0.25) is 5.91 Å². The fourth-order valence-corrected chi connectivity index (χ4v) is 2.95. The van der Waals surface area contributed by atoms with Crippen molar-refractivity contribution >= 4 is 5.91 Å². The molecule has 0 aliphatic carbocycles. The Morgan fingerprint density at radius 2 is 1.79 bits per heavy atom. The molecule has 134 valence electrons. The Balaban J connectivity index is 1.71. The second-order valence-electron chi connectivity index (χ2n) is 6.40. The normalized spacial score (nSPS) is 16.9. The quantitative estimate of drug-likeness (QED) is 0.799. The summed E-state index contributed by atoms with van der Waals surface area (Å²) in [5, 5.41) is 10.2. The summed E-state index contributed by atoms with van der Waals surface area (Å²) in [5.74, 6) is 0.817. The van der Waals surface area contributed by atoms with Gasteiger partial charge in [-0.2, -0.15) is 0 Å². The lowest BCUT2D eigenvalue weighted by atomic mass is 10.1. The lowest BCUT2D eigenvalue weighted by Gasteiger charge is -2.35. The summed E-state index contributed by atoms with van der Waals surface area (Å²) >= 11 is 0. The molecule has 1 fully saturated rings. The average molecular weight is 336 g/mol. The highest BCUT2D eigenvalue weighted by atomic mass is 16.5. The standard InChI is InChI=1S/C18H28N2O4/c1-14-8-15(2)10-17(9-14)24-12-16(21)11-19-4-6-20(7-5-19)18(22)13-23-3/h8-10,16,21H,4-7,11-13H2,1-3H3. The lowest BCUT2D eigenvalue weighted by molar-refractivity contribution is -0.137. The lowest BCUT2D eigenvalue weighted by Crippen LogP contribution is -2.51. The third-order valence-corrected chi connectivity index (χ3v) is 4.10. The minimum Gasteiger partial charge on any atom is -0.491 e. The molecule has 1 aromatic carbocycles. The number of amides is 1. The van der Waals surface area contributed by atoms with E-state index in [0.717, 1.165) is 30.0 Å². The molecule has 1 saturated heterocycles. The summed E-state index contributed by atoms with van der Waals surface area (Å²) in [4.78, 5) is 15.7. The van der Waals surface area contributed by atoms with E-state index in [4.69, 9.17) is 9.47 Å². The Hall–Kier alpha value is -1.63. The topological polar surface area (TPSA) is 62.2 Å². The molecule has 0 spiro atoms. The third kappa shape index (κ3) is 5.78. The van der Waals surface area contributed by atoms with E-state index in [-0.39, 0.29) is 19.1 Å². The van der Waals surface area contributed by atoms with Gasteiger partial charge in [-0.05, 0) is 37.1 Å². The molecule has 1 unspecified atom stereocenters. The molecule has 0 radical (unpaired) electrons. The zero-order valence-corrected chi connectivity index (χ0v) is 14.8. The van der Waals surface area contributed by atoms with E-state index in [2.05, 4.69) is 11.0 Å². The Morgan fingerprint density at radius 3 is 2.38 bits per heavy atom. The minimum atomic E-state index is -0.549. The molecule has 6 heteroatoms. The predicted molar refractivity (Wildman–Crippen MR) is 92.3 cm³/mol. The van der Waals surface area contributed by atoms with E-state index >= 15 is 0 Å². The summed E-state index contributed by atoms with van der Waals surface area (Å²) < 4.78 is 10.6. The van der Waals surface area contributed by atoms with Crippen LogP contribution >= 0.6 is 0 Å². The van der Waals surface area contributed by atoms with Gasteiger partial charge in [-0.15, -0.1) is 0 Å². The molecular formula is C18H28N2O4. The van der Waals surface area contributed by atoms with Crippen molar-refractivity contribution in [3.05, 3.63) is 29.3 Å². The maximum absolute atomic E-state index is 11.8. The van der Waals surface area contributed by atoms with Crippen LogP contribution in [0.3, 0.4) is 0 Å². The fraction of sp³-hybridized carbons (Fsp3) is 0.611. The number of hydrogen-bond acceptors (Lipinski definition) is 5. The molecule has 0 saturated carbocycles. The van der Waals surface area contributed by atoms with Crippen LogP contribution in [0.2, 0.25) is 0 Å². The van der Waals surface area contributed by atoms with E-state index in [1.807, 2.05) is 26.0 Å². The van der Waals surface area contributed by atoms with Crippen LogP contribution in [0.1, 0.15) is 11.1 Å². The van der Waals surface area contributed by atoms with Gasteiger partial charge in [0, 0.05) is 39.8 Å². The molecule has 24 heavy (non-hydrogen) atoms. The van der Waals surface area contributed by atoms with Crippen LogP contribution in [0, 0.1) is 13.8 Å². The Labute approximate surface area is 144 Å². The minimum absolute atomic E-state index is 0.0239. The van der Waals surface area contributed by atoms with E-state index in [1.54, 1.807) is 4.90 Å². The van der Waals surface area contributed by atoms with Crippen molar-refractivity contribution in [3.8, 4) is 5.75 Å². The van der Waals surface area contributed by atoms with Crippen molar-refractivity contribution in [2.45, 2.75) is 20.0 Å². The number of benzene rings is 1. The first kappa shape index (κ1) is 18.7. The number of ether oxygens (including phenoxy) is 2. The fourth-order valence-electron chi connectivity index (χ4n) is 2.95. The second kappa shape index (κ2) is 9.01. The molecule has 0 bridgehead atoms. The van der Waals surface area contributed by atoms with Gasteiger partial charge < -0.3 is 19.5 Å². The predicted octanol–water partition coefficient (Wildman–Crippen LogP) is 0.834. The van der Waals surface area contributed by atoms with Crippen LogP contribution in [0.25, 0.3) is 0 Å². The molecule has 1 amide bonds. The van der Waals surface area contributed by atoms with Crippen molar-refractivity contribution in [3.63, 3.8) is 0 Å². The number of β-amino-alcohol motifs (C(OH)–C–C–N with tert-alkyl or cyclic N) is 1. The zero-order chi connectivity index (χ0) is 17.5. The summed E-state index contributed by atoms with van der Waals surface area (Å²) in [6, 6.07) is 6.04. The molecule has 1 N–H and O–H groups in total. The van der Waals surface area contributed by atoms with Crippen molar-refractivity contribution in [1.82, 2.24) is 9.80 Å².